The van der Waals surface area contributed by atoms with Crippen molar-refractivity contribution in [3.05, 3.63) is 34.9 Å². The Bertz CT molecular complexity index is 412. The summed E-state index contributed by atoms with van der Waals surface area (Å²) in [5, 5.41) is 3.54. The first-order valence-electron chi connectivity index (χ1n) is 6.35. The van der Waals surface area contributed by atoms with Crippen molar-refractivity contribution >= 4 is 17.5 Å². The third-order valence-corrected chi connectivity index (χ3v) is 3.14. The van der Waals surface area contributed by atoms with E-state index in [1.807, 2.05) is 25.1 Å². The number of methoxy groups -OCH3 is 1. The van der Waals surface area contributed by atoms with Crippen LogP contribution >= 0.6 is 11.6 Å². The number of nitrogens with one attached hydrogen (secondary N) is 1. The van der Waals surface area contributed by atoms with Gasteiger partial charge in [-0.25, -0.2) is 0 Å². The minimum Gasteiger partial charge on any atom is -0.385 e. The number of benzene rings is 1. The number of hydrogen-bond acceptors (Lipinski definition) is 3. The van der Waals surface area contributed by atoms with Gasteiger partial charge in [-0.2, -0.15) is 0 Å². The zero-order valence-corrected chi connectivity index (χ0v) is 12.1. The van der Waals surface area contributed by atoms with Gasteiger partial charge in [0.1, 0.15) is 0 Å². The van der Waals surface area contributed by atoms with Gasteiger partial charge in [0.2, 0.25) is 5.91 Å². The SMILES string of the molecule is COCCCC(N)C(=O)NC(C)c1cccc(Cl)c1. The maximum absolute atomic E-state index is 11.9. The molecule has 4 nitrogen and oxygen atoms in total. The Morgan fingerprint density at radius 2 is 2.26 bits per heavy atom. The van der Waals surface area contributed by atoms with Crippen LogP contribution in [0.4, 0.5) is 0 Å². The molecule has 1 aromatic rings. The van der Waals surface area contributed by atoms with Gasteiger partial charge in [0.15, 0.2) is 0 Å². The fourth-order valence-corrected chi connectivity index (χ4v) is 1.96. The number of ether oxygens (including phenoxy) is 1. The Labute approximate surface area is 119 Å². The second-order valence-corrected chi connectivity index (χ2v) is 4.96. The number of halogens is 1. The number of carbonyl (C=O) groups is 1. The number of amides is 1. The van der Waals surface area contributed by atoms with Gasteiger partial charge in [-0.3, -0.25) is 4.79 Å². The molecule has 0 fully saturated rings. The van der Waals surface area contributed by atoms with E-state index < -0.39 is 6.04 Å². The molecular formula is C14H21ClN2O2. The van der Waals surface area contributed by atoms with Crippen molar-refractivity contribution < 1.29 is 9.53 Å². The molecule has 0 aliphatic rings. The molecule has 2 unspecified atom stereocenters. The molecule has 106 valence electrons. The first-order valence-corrected chi connectivity index (χ1v) is 6.72. The van der Waals surface area contributed by atoms with E-state index in [0.717, 1.165) is 12.0 Å². The molecule has 1 rings (SSSR count). The summed E-state index contributed by atoms with van der Waals surface area (Å²) in [4.78, 5) is 11.9. The lowest BCUT2D eigenvalue weighted by atomic mass is 10.1. The first kappa shape index (κ1) is 16.0. The summed E-state index contributed by atoms with van der Waals surface area (Å²) in [7, 11) is 1.63. The Hall–Kier alpha value is -1.10. The van der Waals surface area contributed by atoms with Gasteiger partial charge in [-0.15, -0.1) is 0 Å². The summed E-state index contributed by atoms with van der Waals surface area (Å²) < 4.78 is 4.93. The van der Waals surface area contributed by atoms with Crippen LogP contribution in [0.5, 0.6) is 0 Å². The van der Waals surface area contributed by atoms with E-state index in [9.17, 15) is 4.79 Å². The Morgan fingerprint density at radius 3 is 2.89 bits per heavy atom. The van der Waals surface area contributed by atoms with Crippen molar-refractivity contribution in [1.82, 2.24) is 5.32 Å². The smallest absolute Gasteiger partial charge is 0.237 e. The first-order chi connectivity index (χ1) is 9.04. The zero-order chi connectivity index (χ0) is 14.3. The molecule has 0 aliphatic carbocycles. The monoisotopic (exact) mass is 284 g/mol. The average Bonchev–Trinajstić information content (AvgIpc) is 2.38. The quantitative estimate of drug-likeness (QED) is 0.755. The number of hydrogen-bond donors (Lipinski definition) is 2. The molecule has 0 bridgehead atoms. The summed E-state index contributed by atoms with van der Waals surface area (Å²) in [6, 6.07) is 6.81. The van der Waals surface area contributed by atoms with Crippen LogP contribution in [-0.4, -0.2) is 25.7 Å². The van der Waals surface area contributed by atoms with Gasteiger partial charge in [-0.05, 0) is 37.5 Å². The van der Waals surface area contributed by atoms with Crippen molar-refractivity contribution in [1.29, 1.82) is 0 Å². The average molecular weight is 285 g/mol. The highest BCUT2D eigenvalue weighted by Crippen LogP contribution is 2.17. The highest BCUT2D eigenvalue weighted by atomic mass is 35.5. The molecule has 1 amide bonds. The Kier molecular flexibility index (Phi) is 6.84. The summed E-state index contributed by atoms with van der Waals surface area (Å²) in [6.07, 6.45) is 1.39. The summed E-state index contributed by atoms with van der Waals surface area (Å²) in [5.74, 6) is -0.149. The minimum absolute atomic E-state index is 0.111. The van der Waals surface area contributed by atoms with Gasteiger partial charge in [-0.1, -0.05) is 23.7 Å². The topological polar surface area (TPSA) is 64.3 Å². The van der Waals surface area contributed by atoms with Crippen molar-refractivity contribution in [3.8, 4) is 0 Å². The van der Waals surface area contributed by atoms with Crippen molar-refractivity contribution in [2.45, 2.75) is 31.8 Å². The van der Waals surface area contributed by atoms with Crippen LogP contribution in [0.15, 0.2) is 24.3 Å². The van der Waals surface area contributed by atoms with Crippen LogP contribution < -0.4 is 11.1 Å². The lowest BCUT2D eigenvalue weighted by Gasteiger charge is -2.18. The van der Waals surface area contributed by atoms with E-state index in [4.69, 9.17) is 22.1 Å². The van der Waals surface area contributed by atoms with Crippen LogP contribution in [-0.2, 0) is 9.53 Å². The fourth-order valence-electron chi connectivity index (χ4n) is 1.76. The maximum atomic E-state index is 11.9. The van der Waals surface area contributed by atoms with E-state index in [0.29, 0.717) is 18.1 Å². The predicted molar refractivity (Wildman–Crippen MR) is 77.1 cm³/mol. The molecule has 0 saturated heterocycles. The largest absolute Gasteiger partial charge is 0.385 e. The normalized spacial score (nSPS) is 13.9. The molecule has 19 heavy (non-hydrogen) atoms. The Balaban J connectivity index is 2.47. The third-order valence-electron chi connectivity index (χ3n) is 2.91. The summed E-state index contributed by atoms with van der Waals surface area (Å²) in [5.41, 5.74) is 6.78. The predicted octanol–water partition coefficient (Wildman–Crippen LogP) is 2.27. The van der Waals surface area contributed by atoms with Crippen LogP contribution in [0, 0.1) is 0 Å². The third kappa shape index (κ3) is 5.59. The molecule has 3 N–H and O–H groups in total. The lowest BCUT2D eigenvalue weighted by Crippen LogP contribution is -2.41. The van der Waals surface area contributed by atoms with Crippen LogP contribution in [0.2, 0.25) is 5.02 Å². The van der Waals surface area contributed by atoms with Gasteiger partial charge in [0, 0.05) is 18.7 Å². The molecule has 0 aliphatic heterocycles. The maximum Gasteiger partial charge on any atom is 0.237 e. The molecule has 0 radical (unpaired) electrons. The standard InChI is InChI=1S/C14H21ClN2O2/c1-10(11-5-3-6-12(15)9-11)17-14(18)13(16)7-4-8-19-2/h3,5-6,9-10,13H,4,7-8,16H2,1-2H3,(H,17,18). The molecular weight excluding hydrogens is 264 g/mol. The van der Waals surface area contributed by atoms with Gasteiger partial charge < -0.3 is 15.8 Å². The van der Waals surface area contributed by atoms with E-state index in [2.05, 4.69) is 5.32 Å². The van der Waals surface area contributed by atoms with Crippen molar-refractivity contribution in [3.63, 3.8) is 0 Å². The van der Waals surface area contributed by atoms with Crippen LogP contribution in [0.25, 0.3) is 0 Å². The second-order valence-electron chi connectivity index (χ2n) is 4.53. The zero-order valence-electron chi connectivity index (χ0n) is 11.4. The Morgan fingerprint density at radius 1 is 1.53 bits per heavy atom. The van der Waals surface area contributed by atoms with Crippen LogP contribution in [0.1, 0.15) is 31.4 Å². The second kappa shape index (κ2) is 8.15. The molecule has 1 aromatic carbocycles. The molecule has 5 heteroatoms. The number of carbonyl (C=O) groups excluding carboxylic acids is 1. The summed E-state index contributed by atoms with van der Waals surface area (Å²) >= 11 is 5.92. The van der Waals surface area contributed by atoms with E-state index in [-0.39, 0.29) is 11.9 Å². The summed E-state index contributed by atoms with van der Waals surface area (Å²) in [6.45, 7) is 2.52. The van der Waals surface area contributed by atoms with Crippen LogP contribution in [0.3, 0.4) is 0 Å². The lowest BCUT2D eigenvalue weighted by molar-refractivity contribution is -0.123. The van der Waals surface area contributed by atoms with Crippen molar-refractivity contribution in [2.24, 2.45) is 5.73 Å². The van der Waals surface area contributed by atoms with E-state index in [1.54, 1.807) is 13.2 Å². The highest BCUT2D eigenvalue weighted by Gasteiger charge is 2.16. The van der Waals surface area contributed by atoms with Crippen molar-refractivity contribution in [2.75, 3.05) is 13.7 Å². The van der Waals surface area contributed by atoms with Gasteiger partial charge in [0.05, 0.1) is 12.1 Å². The molecule has 0 heterocycles. The van der Waals surface area contributed by atoms with E-state index >= 15 is 0 Å². The number of nitrogens with two attached hydrogens (primary N) is 1. The molecule has 0 aromatic heterocycles. The van der Waals surface area contributed by atoms with E-state index in [1.165, 1.54) is 0 Å². The molecule has 0 spiro atoms. The number of rotatable bonds is 7. The molecule has 0 saturated carbocycles. The molecule has 2 atom stereocenters. The minimum atomic E-state index is -0.503. The van der Waals surface area contributed by atoms with Gasteiger partial charge >= 0.3 is 0 Å². The highest BCUT2D eigenvalue weighted by molar-refractivity contribution is 6.30. The fraction of sp³-hybridized carbons (Fsp3) is 0.500. The van der Waals surface area contributed by atoms with Gasteiger partial charge in [0.25, 0.3) is 0 Å².